The first-order valence-corrected chi connectivity index (χ1v) is 7.78. The monoisotopic (exact) mass is 279 g/mol. The number of hydrogen-bond acceptors (Lipinski definition) is 5. The van der Waals surface area contributed by atoms with Gasteiger partial charge in [0.2, 0.25) is 15.9 Å². The average Bonchev–Trinajstić information content (AvgIpc) is 2.28. The summed E-state index contributed by atoms with van der Waals surface area (Å²) in [4.78, 5) is 11.3. The molecule has 1 saturated heterocycles. The number of rotatable bonds is 7. The van der Waals surface area contributed by atoms with Gasteiger partial charge >= 0.3 is 0 Å². The van der Waals surface area contributed by atoms with Crippen LogP contribution in [0.3, 0.4) is 0 Å². The van der Waals surface area contributed by atoms with E-state index < -0.39 is 10.0 Å². The first kappa shape index (κ1) is 15.4. The quantitative estimate of drug-likeness (QED) is 0.528. The number of nitrogens with one attached hydrogen (secondary N) is 2. The highest BCUT2D eigenvalue weighted by Crippen LogP contribution is 2.07. The Morgan fingerprint density at radius 3 is 2.67 bits per heavy atom. The molecule has 106 valence electrons. The van der Waals surface area contributed by atoms with Crippen molar-refractivity contribution in [3.8, 4) is 0 Å². The van der Waals surface area contributed by atoms with Gasteiger partial charge in [-0.15, -0.1) is 0 Å². The van der Waals surface area contributed by atoms with Crippen LogP contribution >= 0.6 is 0 Å². The molecule has 1 heterocycles. The largest absolute Gasteiger partial charge is 0.378 e. The number of nitrogens with two attached hydrogens (primary N) is 1. The molecule has 0 saturated carbocycles. The molecule has 0 bridgehead atoms. The molecule has 4 N–H and O–H groups in total. The maximum absolute atomic E-state index is 11.3. The van der Waals surface area contributed by atoms with Crippen molar-refractivity contribution in [2.75, 3.05) is 32.0 Å². The second-order valence-electron chi connectivity index (χ2n) is 4.29. The van der Waals surface area contributed by atoms with Crippen LogP contribution in [0.5, 0.6) is 0 Å². The number of sulfonamides is 1. The molecule has 18 heavy (non-hydrogen) atoms. The molecule has 0 aliphatic carbocycles. The molecule has 7 nitrogen and oxygen atoms in total. The number of primary sulfonamides is 1. The Morgan fingerprint density at radius 2 is 2.06 bits per heavy atom. The van der Waals surface area contributed by atoms with Crippen LogP contribution in [-0.2, 0) is 19.6 Å². The van der Waals surface area contributed by atoms with Gasteiger partial charge in [0.15, 0.2) is 0 Å². The van der Waals surface area contributed by atoms with Crippen LogP contribution in [0.1, 0.15) is 19.3 Å². The maximum Gasteiger partial charge on any atom is 0.222 e. The zero-order valence-electron chi connectivity index (χ0n) is 10.4. The van der Waals surface area contributed by atoms with Crippen molar-refractivity contribution >= 4 is 15.9 Å². The third kappa shape index (κ3) is 7.59. The number of carbonyl (C=O) groups is 1. The van der Waals surface area contributed by atoms with Crippen molar-refractivity contribution in [1.82, 2.24) is 10.6 Å². The van der Waals surface area contributed by atoms with Crippen molar-refractivity contribution < 1.29 is 17.9 Å². The van der Waals surface area contributed by atoms with E-state index in [0.29, 0.717) is 6.61 Å². The molecule has 0 atom stereocenters. The van der Waals surface area contributed by atoms with Crippen LogP contribution < -0.4 is 15.8 Å². The molecule has 0 radical (unpaired) electrons. The maximum atomic E-state index is 11.3. The fourth-order valence-electron chi connectivity index (χ4n) is 1.70. The summed E-state index contributed by atoms with van der Waals surface area (Å²) in [6, 6.07) is 0. The normalized spacial score (nSPS) is 17.6. The highest BCUT2D eigenvalue weighted by atomic mass is 32.2. The van der Waals surface area contributed by atoms with Gasteiger partial charge in [-0.05, 0) is 25.9 Å². The molecule has 0 spiro atoms. The Morgan fingerprint density at radius 1 is 1.39 bits per heavy atom. The molecule has 1 aliphatic heterocycles. The molecule has 8 heteroatoms. The topological polar surface area (TPSA) is 111 Å². The lowest BCUT2D eigenvalue weighted by atomic mass is 10.1. The van der Waals surface area contributed by atoms with Gasteiger partial charge in [-0.3, -0.25) is 4.79 Å². The summed E-state index contributed by atoms with van der Waals surface area (Å²) in [5.74, 6) is -0.457. The number of ether oxygens (including phenoxy) is 1. The van der Waals surface area contributed by atoms with Crippen LogP contribution in [0.4, 0.5) is 0 Å². The Bertz CT molecular complexity index is 352. The minimum absolute atomic E-state index is 0.0466. The molecule has 1 fully saturated rings. The number of carbonyl (C=O) groups excluding carboxylic acids is 1. The third-order valence-electron chi connectivity index (χ3n) is 2.68. The molecule has 0 aromatic carbocycles. The van der Waals surface area contributed by atoms with E-state index in [1.165, 1.54) is 0 Å². The number of piperidine rings is 1. The van der Waals surface area contributed by atoms with Gasteiger partial charge in [-0.25, -0.2) is 13.6 Å². The highest BCUT2D eigenvalue weighted by Gasteiger charge is 2.13. The van der Waals surface area contributed by atoms with Crippen LogP contribution in [0.2, 0.25) is 0 Å². The Labute approximate surface area is 107 Å². The second-order valence-corrected chi connectivity index (χ2v) is 6.02. The van der Waals surface area contributed by atoms with Gasteiger partial charge in [-0.1, -0.05) is 0 Å². The summed E-state index contributed by atoms with van der Waals surface area (Å²) in [6.07, 6.45) is 2.40. The summed E-state index contributed by atoms with van der Waals surface area (Å²) >= 11 is 0. The van der Waals surface area contributed by atoms with Gasteiger partial charge in [0.25, 0.3) is 0 Å². The minimum Gasteiger partial charge on any atom is -0.378 e. The lowest BCUT2D eigenvalue weighted by Crippen LogP contribution is -2.34. The number of amides is 1. The van der Waals surface area contributed by atoms with Gasteiger partial charge in [0.05, 0.1) is 18.5 Å². The van der Waals surface area contributed by atoms with Crippen LogP contribution in [0.25, 0.3) is 0 Å². The summed E-state index contributed by atoms with van der Waals surface area (Å²) < 4.78 is 26.8. The zero-order chi connectivity index (χ0) is 13.4. The molecule has 0 aromatic rings. The van der Waals surface area contributed by atoms with Crippen molar-refractivity contribution in [2.45, 2.75) is 25.4 Å². The molecule has 1 amide bonds. The first-order valence-electron chi connectivity index (χ1n) is 6.07. The number of hydrogen-bond donors (Lipinski definition) is 3. The standard InChI is InChI=1S/C10H21N3O4S/c11-18(15,16)8-6-13-10(14)3-7-17-9-1-4-12-5-2-9/h9,12H,1-8H2,(H,13,14)(H2,11,15,16). The third-order valence-corrected chi connectivity index (χ3v) is 3.45. The summed E-state index contributed by atoms with van der Waals surface area (Å²) in [7, 11) is -3.51. The van der Waals surface area contributed by atoms with Gasteiger partial charge in [0.1, 0.15) is 0 Å². The average molecular weight is 279 g/mol. The van der Waals surface area contributed by atoms with E-state index in [2.05, 4.69) is 10.6 Å². The van der Waals surface area contributed by atoms with Crippen molar-refractivity contribution in [2.24, 2.45) is 5.14 Å². The minimum atomic E-state index is -3.51. The molecule has 0 aromatic heterocycles. The second kappa shape index (κ2) is 7.67. The van der Waals surface area contributed by atoms with E-state index >= 15 is 0 Å². The van der Waals surface area contributed by atoms with Crippen molar-refractivity contribution in [1.29, 1.82) is 0 Å². The van der Waals surface area contributed by atoms with Crippen LogP contribution in [0.15, 0.2) is 0 Å². The van der Waals surface area contributed by atoms with E-state index in [1.54, 1.807) is 0 Å². The summed E-state index contributed by atoms with van der Waals surface area (Å²) in [5, 5.41) is 10.5. The molecular formula is C10H21N3O4S. The molecule has 1 aliphatic rings. The van der Waals surface area contributed by atoms with Gasteiger partial charge in [0, 0.05) is 13.0 Å². The van der Waals surface area contributed by atoms with E-state index in [9.17, 15) is 13.2 Å². The first-order chi connectivity index (χ1) is 8.47. The lowest BCUT2D eigenvalue weighted by Gasteiger charge is -2.22. The van der Waals surface area contributed by atoms with Crippen molar-refractivity contribution in [3.05, 3.63) is 0 Å². The smallest absolute Gasteiger partial charge is 0.222 e. The fourth-order valence-corrected chi connectivity index (χ4v) is 2.09. The summed E-state index contributed by atoms with van der Waals surface area (Å²) in [5.41, 5.74) is 0. The fraction of sp³-hybridized carbons (Fsp3) is 0.900. The predicted molar refractivity (Wildman–Crippen MR) is 67.4 cm³/mol. The molecular weight excluding hydrogens is 258 g/mol. The predicted octanol–water partition coefficient (Wildman–Crippen LogP) is -1.45. The van der Waals surface area contributed by atoms with E-state index in [1.807, 2.05) is 0 Å². The van der Waals surface area contributed by atoms with E-state index in [4.69, 9.17) is 9.88 Å². The van der Waals surface area contributed by atoms with Crippen LogP contribution in [-0.4, -0.2) is 52.4 Å². The summed E-state index contributed by atoms with van der Waals surface area (Å²) in [6.45, 7) is 2.31. The van der Waals surface area contributed by atoms with Crippen molar-refractivity contribution in [3.63, 3.8) is 0 Å². The van der Waals surface area contributed by atoms with Crippen LogP contribution in [0, 0.1) is 0 Å². The lowest BCUT2D eigenvalue weighted by molar-refractivity contribution is -0.122. The van der Waals surface area contributed by atoms with Gasteiger partial charge in [-0.2, -0.15) is 0 Å². The van der Waals surface area contributed by atoms with E-state index in [0.717, 1.165) is 25.9 Å². The van der Waals surface area contributed by atoms with Gasteiger partial charge < -0.3 is 15.4 Å². The SMILES string of the molecule is NS(=O)(=O)CCNC(=O)CCOC1CCNCC1. The van der Waals surface area contributed by atoms with E-state index in [-0.39, 0.29) is 30.7 Å². The Hall–Kier alpha value is -0.700. The zero-order valence-corrected chi connectivity index (χ0v) is 11.2. The molecule has 1 rings (SSSR count). The Kier molecular flexibility index (Phi) is 6.55. The highest BCUT2D eigenvalue weighted by molar-refractivity contribution is 7.89. The Balaban J connectivity index is 2.02. The molecule has 0 unspecified atom stereocenters.